The van der Waals surface area contributed by atoms with Gasteiger partial charge in [-0.1, -0.05) is 6.07 Å². The van der Waals surface area contributed by atoms with Crippen LogP contribution >= 0.6 is 15.9 Å². The number of halogens is 1. The van der Waals surface area contributed by atoms with Crippen LogP contribution in [0.5, 0.6) is 0 Å². The SMILES string of the molecule is Cc1ccc(S(=O)(=O)NC2CC2)cc1C(=O)NNC(=O)c1cc(Br)cn1C. The van der Waals surface area contributed by atoms with E-state index in [1.807, 2.05) is 0 Å². The fourth-order valence-corrected chi connectivity index (χ4v) is 4.35. The third-order valence-corrected chi connectivity index (χ3v) is 6.11. The minimum atomic E-state index is -3.67. The third-order valence-electron chi connectivity index (χ3n) is 4.16. The Hall–Kier alpha value is -2.17. The highest BCUT2D eigenvalue weighted by molar-refractivity contribution is 9.10. The maximum Gasteiger partial charge on any atom is 0.286 e. The summed E-state index contributed by atoms with van der Waals surface area (Å²) in [4.78, 5) is 24.6. The fourth-order valence-electron chi connectivity index (χ4n) is 2.50. The first kappa shape index (κ1) is 19.6. The largest absolute Gasteiger partial charge is 0.345 e. The first-order valence-corrected chi connectivity index (χ1v) is 10.5. The van der Waals surface area contributed by atoms with Crippen LogP contribution in [0.3, 0.4) is 0 Å². The highest BCUT2D eigenvalue weighted by atomic mass is 79.9. The van der Waals surface area contributed by atoms with Gasteiger partial charge in [0.2, 0.25) is 10.0 Å². The lowest BCUT2D eigenvalue weighted by atomic mass is 10.1. The molecule has 2 amide bonds. The Labute approximate surface area is 165 Å². The summed E-state index contributed by atoms with van der Waals surface area (Å²) in [6.07, 6.45) is 3.35. The van der Waals surface area contributed by atoms with Crippen LogP contribution in [0.25, 0.3) is 0 Å². The van der Waals surface area contributed by atoms with Crippen molar-refractivity contribution in [2.45, 2.75) is 30.7 Å². The summed E-state index contributed by atoms with van der Waals surface area (Å²) in [5, 5.41) is 0. The molecule has 0 atom stereocenters. The molecule has 1 aromatic heterocycles. The van der Waals surface area contributed by atoms with E-state index in [-0.39, 0.29) is 16.5 Å². The molecule has 1 aromatic carbocycles. The van der Waals surface area contributed by atoms with Crippen LogP contribution in [0, 0.1) is 6.92 Å². The van der Waals surface area contributed by atoms with Crippen molar-refractivity contribution in [3.63, 3.8) is 0 Å². The number of hydrogen-bond acceptors (Lipinski definition) is 4. The number of hydrogen-bond donors (Lipinski definition) is 3. The number of amides is 2. The number of benzene rings is 1. The molecule has 0 spiro atoms. The summed E-state index contributed by atoms with van der Waals surface area (Å²) in [6.45, 7) is 1.69. The molecule has 27 heavy (non-hydrogen) atoms. The fraction of sp³-hybridized carbons (Fsp3) is 0.294. The van der Waals surface area contributed by atoms with Gasteiger partial charge in [-0.15, -0.1) is 0 Å². The van der Waals surface area contributed by atoms with Gasteiger partial charge in [0, 0.05) is 29.3 Å². The van der Waals surface area contributed by atoms with Gasteiger partial charge in [0.05, 0.1) is 4.90 Å². The molecule has 144 valence electrons. The average molecular weight is 455 g/mol. The molecule has 0 bridgehead atoms. The van der Waals surface area contributed by atoms with E-state index in [4.69, 9.17) is 0 Å². The summed E-state index contributed by atoms with van der Waals surface area (Å²) in [6, 6.07) is 5.91. The van der Waals surface area contributed by atoms with Crippen molar-refractivity contribution in [1.82, 2.24) is 20.1 Å². The third kappa shape index (κ3) is 4.57. The predicted molar refractivity (Wildman–Crippen MR) is 103 cm³/mol. The first-order chi connectivity index (χ1) is 12.7. The quantitative estimate of drug-likeness (QED) is 0.596. The van der Waals surface area contributed by atoms with E-state index in [0.29, 0.717) is 11.3 Å². The van der Waals surface area contributed by atoms with Crippen molar-refractivity contribution in [2.24, 2.45) is 7.05 Å². The number of carbonyl (C=O) groups excluding carboxylic acids is 2. The van der Waals surface area contributed by atoms with E-state index < -0.39 is 21.8 Å². The average Bonchev–Trinajstić information content (AvgIpc) is 3.33. The minimum absolute atomic E-state index is 0.0165. The smallest absolute Gasteiger partial charge is 0.286 e. The normalized spacial score (nSPS) is 14.0. The van der Waals surface area contributed by atoms with Gasteiger partial charge in [0.25, 0.3) is 11.8 Å². The molecular formula is C17H19BrN4O4S. The zero-order valence-corrected chi connectivity index (χ0v) is 17.1. The zero-order valence-electron chi connectivity index (χ0n) is 14.7. The molecule has 0 saturated heterocycles. The van der Waals surface area contributed by atoms with Gasteiger partial charge in [-0.3, -0.25) is 20.4 Å². The number of aromatic nitrogens is 1. The highest BCUT2D eigenvalue weighted by Gasteiger charge is 2.28. The Morgan fingerprint density at radius 3 is 2.41 bits per heavy atom. The summed E-state index contributed by atoms with van der Waals surface area (Å²) >= 11 is 3.27. The molecular weight excluding hydrogens is 436 g/mol. The topological polar surface area (TPSA) is 109 Å². The van der Waals surface area contributed by atoms with Crippen LogP contribution in [0.1, 0.15) is 39.3 Å². The van der Waals surface area contributed by atoms with Gasteiger partial charge in [-0.25, -0.2) is 13.1 Å². The molecule has 1 heterocycles. The van der Waals surface area contributed by atoms with Gasteiger partial charge >= 0.3 is 0 Å². The number of hydrazine groups is 1. The van der Waals surface area contributed by atoms with E-state index in [0.717, 1.165) is 17.3 Å². The summed E-state index contributed by atoms with van der Waals surface area (Å²) in [7, 11) is -1.97. The number of nitrogens with zero attached hydrogens (tertiary/aromatic N) is 1. The van der Waals surface area contributed by atoms with Crippen molar-refractivity contribution in [2.75, 3.05) is 0 Å². The molecule has 0 unspecified atom stereocenters. The Morgan fingerprint density at radius 2 is 1.81 bits per heavy atom. The molecule has 1 aliphatic carbocycles. The standard InChI is InChI=1S/C17H19BrN4O4S/c1-10-3-6-13(27(25,26)21-12-4-5-12)8-14(10)16(23)19-20-17(24)15-7-11(18)9-22(15)2/h3,6-9,12,21H,4-5H2,1-2H3,(H,19,23)(H,20,24). The molecule has 3 rings (SSSR count). The van der Waals surface area contributed by atoms with Gasteiger partial charge in [-0.2, -0.15) is 0 Å². The number of nitrogens with one attached hydrogen (secondary N) is 3. The van der Waals surface area contributed by atoms with Crippen molar-refractivity contribution in [1.29, 1.82) is 0 Å². The predicted octanol–water partition coefficient (Wildman–Crippen LogP) is 1.61. The Bertz CT molecular complexity index is 1010. The van der Waals surface area contributed by atoms with E-state index in [1.165, 1.54) is 12.1 Å². The highest BCUT2D eigenvalue weighted by Crippen LogP contribution is 2.23. The Kier molecular flexibility index (Phi) is 5.41. The van der Waals surface area contributed by atoms with Crippen molar-refractivity contribution >= 4 is 37.8 Å². The lowest BCUT2D eigenvalue weighted by Crippen LogP contribution is -2.42. The molecule has 10 heteroatoms. The number of sulfonamides is 1. The molecule has 0 aliphatic heterocycles. The van der Waals surface area contributed by atoms with Crippen molar-refractivity contribution in [3.05, 3.63) is 51.8 Å². The first-order valence-electron chi connectivity index (χ1n) is 8.23. The second-order valence-electron chi connectivity index (χ2n) is 6.44. The van der Waals surface area contributed by atoms with Crippen LogP contribution in [-0.4, -0.2) is 30.8 Å². The second-order valence-corrected chi connectivity index (χ2v) is 9.06. The maximum atomic E-state index is 12.4. The van der Waals surface area contributed by atoms with E-state index >= 15 is 0 Å². The molecule has 3 N–H and O–H groups in total. The van der Waals surface area contributed by atoms with Crippen LogP contribution in [0.4, 0.5) is 0 Å². The van der Waals surface area contributed by atoms with Crippen LogP contribution in [-0.2, 0) is 17.1 Å². The van der Waals surface area contributed by atoms with E-state index in [9.17, 15) is 18.0 Å². The van der Waals surface area contributed by atoms with E-state index in [1.54, 1.807) is 36.9 Å². The summed E-state index contributed by atoms with van der Waals surface area (Å²) in [5.41, 5.74) is 5.77. The van der Waals surface area contributed by atoms with Crippen molar-refractivity contribution in [3.8, 4) is 0 Å². The lowest BCUT2D eigenvalue weighted by molar-refractivity contribution is 0.0841. The number of carbonyl (C=O) groups is 2. The molecule has 1 aliphatic rings. The summed E-state index contributed by atoms with van der Waals surface area (Å²) in [5.74, 6) is -1.09. The summed E-state index contributed by atoms with van der Waals surface area (Å²) < 4.78 is 29.6. The van der Waals surface area contributed by atoms with Gasteiger partial charge in [-0.05, 0) is 59.5 Å². The molecule has 1 fully saturated rings. The van der Waals surface area contributed by atoms with Crippen LogP contribution in [0.2, 0.25) is 0 Å². The molecule has 2 aromatic rings. The zero-order chi connectivity index (χ0) is 19.8. The van der Waals surface area contributed by atoms with Gasteiger partial charge < -0.3 is 4.57 Å². The van der Waals surface area contributed by atoms with Crippen LogP contribution in [0.15, 0.2) is 39.8 Å². The Balaban J connectivity index is 1.73. The number of aryl methyl sites for hydroxylation is 2. The van der Waals surface area contributed by atoms with Crippen LogP contribution < -0.4 is 15.6 Å². The number of rotatable bonds is 5. The Morgan fingerprint density at radius 1 is 1.15 bits per heavy atom. The van der Waals surface area contributed by atoms with Gasteiger partial charge in [0.1, 0.15) is 5.69 Å². The van der Waals surface area contributed by atoms with Crippen molar-refractivity contribution < 1.29 is 18.0 Å². The molecule has 8 nitrogen and oxygen atoms in total. The second kappa shape index (κ2) is 7.45. The monoisotopic (exact) mass is 454 g/mol. The minimum Gasteiger partial charge on any atom is -0.345 e. The van der Waals surface area contributed by atoms with E-state index in [2.05, 4.69) is 31.5 Å². The maximum absolute atomic E-state index is 12.4. The lowest BCUT2D eigenvalue weighted by Gasteiger charge is -2.12. The van der Waals surface area contributed by atoms with Gasteiger partial charge in [0.15, 0.2) is 0 Å². The molecule has 1 saturated carbocycles. The molecule has 0 radical (unpaired) electrons.